The Labute approximate surface area is 244 Å². The number of amides is 3. The van der Waals surface area contributed by atoms with E-state index in [0.29, 0.717) is 39.0 Å². The third-order valence-electron chi connectivity index (χ3n) is 7.39. The molecule has 0 saturated carbocycles. The SMILES string of the molecule is COc1ccc(C(N)=O)cc1-n1nc2c(c1C(C)C)C1(C(=O)Nc3cc(Cl)ccc31)N(c1cc(Cl)ccc1O)C2=O. The second-order valence-corrected chi connectivity index (χ2v) is 10.9. The summed E-state index contributed by atoms with van der Waals surface area (Å²) < 4.78 is 7.08. The first-order valence-electron chi connectivity index (χ1n) is 12.6. The first-order chi connectivity index (χ1) is 19.5. The zero-order valence-corrected chi connectivity index (χ0v) is 23.5. The van der Waals surface area contributed by atoms with E-state index >= 15 is 0 Å². The summed E-state index contributed by atoms with van der Waals surface area (Å²) in [7, 11) is 1.47. The molecule has 208 valence electrons. The van der Waals surface area contributed by atoms with Crippen molar-refractivity contribution >= 4 is 52.3 Å². The molecule has 0 saturated heterocycles. The Morgan fingerprint density at radius 2 is 1.76 bits per heavy atom. The van der Waals surface area contributed by atoms with Crippen LogP contribution in [0.25, 0.3) is 5.69 Å². The molecule has 0 aliphatic carbocycles. The first kappa shape index (κ1) is 26.7. The number of nitrogens with two attached hydrogens (primary N) is 1. The van der Waals surface area contributed by atoms with Crippen LogP contribution in [-0.2, 0) is 10.3 Å². The van der Waals surface area contributed by atoms with Gasteiger partial charge in [0.25, 0.3) is 11.8 Å². The summed E-state index contributed by atoms with van der Waals surface area (Å²) in [5.41, 5.74) is 6.05. The van der Waals surface area contributed by atoms with Gasteiger partial charge in [0.1, 0.15) is 17.2 Å². The fraction of sp³-hybridized carbons (Fsp3) is 0.172. The number of nitrogens with one attached hydrogen (secondary N) is 1. The van der Waals surface area contributed by atoms with Gasteiger partial charge in [-0.25, -0.2) is 4.68 Å². The molecule has 4 aromatic rings. The molecule has 0 radical (unpaired) electrons. The molecule has 6 rings (SSSR count). The number of ether oxygens (including phenoxy) is 1. The van der Waals surface area contributed by atoms with Crippen molar-refractivity contribution in [3.8, 4) is 17.2 Å². The number of hydrogen-bond acceptors (Lipinski definition) is 6. The van der Waals surface area contributed by atoms with Crippen molar-refractivity contribution in [1.82, 2.24) is 9.78 Å². The number of methoxy groups -OCH3 is 1. The van der Waals surface area contributed by atoms with Gasteiger partial charge in [0, 0.05) is 32.4 Å². The molecule has 1 atom stereocenters. The van der Waals surface area contributed by atoms with E-state index in [9.17, 15) is 19.5 Å². The zero-order valence-electron chi connectivity index (χ0n) is 22.0. The molecular weight excluding hydrogens is 569 g/mol. The Bertz CT molecular complexity index is 1820. The van der Waals surface area contributed by atoms with Crippen LogP contribution >= 0.6 is 23.2 Å². The molecule has 3 heterocycles. The van der Waals surface area contributed by atoms with Crippen LogP contribution in [0.4, 0.5) is 11.4 Å². The topological polar surface area (TPSA) is 140 Å². The van der Waals surface area contributed by atoms with Crippen LogP contribution in [0, 0.1) is 0 Å². The van der Waals surface area contributed by atoms with Crippen molar-refractivity contribution < 1.29 is 24.2 Å². The second kappa shape index (κ2) is 9.25. The van der Waals surface area contributed by atoms with Crippen LogP contribution in [0.15, 0.2) is 54.6 Å². The third kappa shape index (κ3) is 3.64. The smallest absolute Gasteiger partial charge is 0.280 e. The highest BCUT2D eigenvalue weighted by Crippen LogP contribution is 2.56. The van der Waals surface area contributed by atoms with E-state index in [1.54, 1.807) is 24.3 Å². The molecule has 1 unspecified atom stereocenters. The van der Waals surface area contributed by atoms with E-state index in [0.717, 1.165) is 0 Å². The van der Waals surface area contributed by atoms with Gasteiger partial charge in [-0.15, -0.1) is 0 Å². The lowest BCUT2D eigenvalue weighted by atomic mass is 9.81. The lowest BCUT2D eigenvalue weighted by molar-refractivity contribution is -0.119. The minimum absolute atomic E-state index is 0.0162. The highest BCUT2D eigenvalue weighted by Gasteiger charge is 2.64. The van der Waals surface area contributed by atoms with Gasteiger partial charge in [0.2, 0.25) is 5.91 Å². The number of carbonyl (C=O) groups excluding carboxylic acids is 3. The monoisotopic (exact) mass is 591 g/mol. The van der Waals surface area contributed by atoms with Crippen LogP contribution in [0.2, 0.25) is 10.0 Å². The van der Waals surface area contributed by atoms with E-state index in [4.69, 9.17) is 38.8 Å². The molecule has 0 bridgehead atoms. The Kier molecular flexibility index (Phi) is 6.02. The van der Waals surface area contributed by atoms with Gasteiger partial charge in [-0.2, -0.15) is 5.10 Å². The number of hydrogen-bond donors (Lipinski definition) is 3. The third-order valence-corrected chi connectivity index (χ3v) is 7.86. The number of phenols is 1. The number of aromatic nitrogens is 2. The summed E-state index contributed by atoms with van der Waals surface area (Å²) >= 11 is 12.6. The number of phenolic OH excluding ortho intramolecular Hbond substituents is 1. The molecule has 3 aromatic carbocycles. The Hall–Kier alpha value is -4.54. The number of benzene rings is 3. The maximum Gasteiger partial charge on any atom is 0.280 e. The highest BCUT2D eigenvalue weighted by molar-refractivity contribution is 6.32. The fourth-order valence-corrected chi connectivity index (χ4v) is 6.08. The maximum absolute atomic E-state index is 14.4. The largest absolute Gasteiger partial charge is 0.506 e. The van der Waals surface area contributed by atoms with Gasteiger partial charge in [0.15, 0.2) is 11.2 Å². The predicted octanol–water partition coefficient (Wildman–Crippen LogP) is 4.97. The van der Waals surface area contributed by atoms with E-state index < -0.39 is 23.3 Å². The van der Waals surface area contributed by atoms with Crippen LogP contribution in [0.1, 0.15) is 57.4 Å². The number of anilines is 2. The van der Waals surface area contributed by atoms with Gasteiger partial charge < -0.3 is 20.9 Å². The molecule has 1 spiro atoms. The Balaban J connectivity index is 1.74. The van der Waals surface area contributed by atoms with Crippen molar-refractivity contribution in [1.29, 1.82) is 0 Å². The predicted molar refractivity (Wildman–Crippen MR) is 154 cm³/mol. The minimum Gasteiger partial charge on any atom is -0.506 e. The summed E-state index contributed by atoms with van der Waals surface area (Å²) in [5, 5.41) is 19.1. The number of rotatable bonds is 5. The average molecular weight is 592 g/mol. The quantitative estimate of drug-likeness (QED) is 0.299. The van der Waals surface area contributed by atoms with E-state index in [-0.39, 0.29) is 33.6 Å². The minimum atomic E-state index is -1.78. The van der Waals surface area contributed by atoms with Crippen molar-refractivity contribution in [3.63, 3.8) is 0 Å². The van der Waals surface area contributed by atoms with Crippen LogP contribution in [-0.4, -0.2) is 39.7 Å². The molecular formula is C29H23Cl2N5O5. The highest BCUT2D eigenvalue weighted by atomic mass is 35.5. The maximum atomic E-state index is 14.4. The Morgan fingerprint density at radius 1 is 1.05 bits per heavy atom. The fourth-order valence-electron chi connectivity index (χ4n) is 5.74. The van der Waals surface area contributed by atoms with Crippen molar-refractivity contribution in [2.75, 3.05) is 17.3 Å². The van der Waals surface area contributed by atoms with Crippen molar-refractivity contribution in [3.05, 3.63) is 92.7 Å². The molecule has 41 heavy (non-hydrogen) atoms. The van der Waals surface area contributed by atoms with Gasteiger partial charge in [-0.1, -0.05) is 43.1 Å². The molecule has 2 aliphatic heterocycles. The molecule has 12 heteroatoms. The second-order valence-electron chi connectivity index (χ2n) is 10.1. The average Bonchev–Trinajstić information content (AvgIpc) is 3.53. The number of fused-ring (bicyclic) bond motifs is 4. The molecule has 10 nitrogen and oxygen atoms in total. The lowest BCUT2D eigenvalue weighted by Crippen LogP contribution is -2.50. The van der Waals surface area contributed by atoms with E-state index in [1.165, 1.54) is 47.0 Å². The zero-order chi connectivity index (χ0) is 29.4. The number of aromatic hydroxyl groups is 1. The molecule has 2 aliphatic rings. The summed E-state index contributed by atoms with van der Waals surface area (Å²) in [4.78, 5) is 41.9. The number of nitrogens with zero attached hydrogens (tertiary/aromatic N) is 3. The first-order valence-corrected chi connectivity index (χ1v) is 13.3. The lowest BCUT2D eigenvalue weighted by Gasteiger charge is -2.35. The van der Waals surface area contributed by atoms with Crippen LogP contribution in [0.3, 0.4) is 0 Å². The number of primary amides is 1. The van der Waals surface area contributed by atoms with Gasteiger partial charge in [-0.05, 0) is 54.4 Å². The van der Waals surface area contributed by atoms with Crippen LogP contribution < -0.4 is 20.7 Å². The number of carbonyl (C=O) groups is 3. The standard InChI is InChI=1S/C29H23Cl2N5O5/c1-13(2)25-23-24(34-36(25)20-10-14(26(32)38)4-9-22(20)41-3)27(39)35(19-12-16(31)6-8-21(19)37)29(23)17-7-5-15(30)11-18(17)33-28(29)40/h4-13,37H,1-3H3,(H2,32,38)(H,33,40). The summed E-state index contributed by atoms with van der Waals surface area (Å²) in [6.07, 6.45) is 0. The molecule has 0 fully saturated rings. The van der Waals surface area contributed by atoms with Crippen molar-refractivity contribution in [2.24, 2.45) is 5.73 Å². The van der Waals surface area contributed by atoms with Gasteiger partial charge in [0.05, 0.1) is 18.5 Å². The molecule has 4 N–H and O–H groups in total. The normalized spacial score (nSPS) is 17.3. The summed E-state index contributed by atoms with van der Waals surface area (Å²) in [6, 6.07) is 13.8. The van der Waals surface area contributed by atoms with E-state index in [1.807, 2.05) is 13.8 Å². The van der Waals surface area contributed by atoms with Gasteiger partial charge >= 0.3 is 0 Å². The molecule has 1 aromatic heterocycles. The number of halogens is 2. The van der Waals surface area contributed by atoms with Gasteiger partial charge in [-0.3, -0.25) is 19.3 Å². The van der Waals surface area contributed by atoms with E-state index in [2.05, 4.69) is 5.32 Å². The van der Waals surface area contributed by atoms with Crippen LogP contribution in [0.5, 0.6) is 11.5 Å². The molecule has 3 amide bonds. The summed E-state index contributed by atoms with van der Waals surface area (Å²) in [6.45, 7) is 3.79. The summed E-state index contributed by atoms with van der Waals surface area (Å²) in [5.74, 6) is -2.02. The van der Waals surface area contributed by atoms with Crippen molar-refractivity contribution in [2.45, 2.75) is 25.3 Å². The Morgan fingerprint density at radius 3 is 2.44 bits per heavy atom.